The van der Waals surface area contributed by atoms with Crippen LogP contribution in [0.5, 0.6) is 0 Å². The number of aromatic amines is 1. The van der Waals surface area contributed by atoms with Crippen molar-refractivity contribution in [1.82, 2.24) is 21.1 Å². The summed E-state index contributed by atoms with van der Waals surface area (Å²) in [6, 6.07) is 12.7. The number of hydrogen-bond donors (Lipinski definition) is 5. The molecule has 1 atom stereocenters. The number of benzene rings is 2. The smallest absolute Gasteiger partial charge is 0.274 e. The molecule has 166 valence electrons. The molecular weight excluding hydrogens is 408 g/mol. The molecule has 3 aromatic rings. The molecule has 0 radical (unpaired) electrons. The summed E-state index contributed by atoms with van der Waals surface area (Å²) in [5.41, 5.74) is 3.65. The third-order valence-electron chi connectivity index (χ3n) is 5.93. The molecule has 4 rings (SSSR count). The molecular formula is C24H26N4O4. The topological polar surface area (TPSA) is 123 Å². The zero-order valence-corrected chi connectivity index (χ0v) is 17.6. The second kappa shape index (κ2) is 9.65. The van der Waals surface area contributed by atoms with Gasteiger partial charge in [0.05, 0.1) is 0 Å². The van der Waals surface area contributed by atoms with Gasteiger partial charge in [-0.15, -0.1) is 0 Å². The van der Waals surface area contributed by atoms with Crippen molar-refractivity contribution in [3.8, 4) is 0 Å². The summed E-state index contributed by atoms with van der Waals surface area (Å²) in [6.07, 6.45) is 6.99. The number of aromatic nitrogens is 1. The predicted molar refractivity (Wildman–Crippen MR) is 119 cm³/mol. The van der Waals surface area contributed by atoms with Crippen LogP contribution < -0.4 is 16.1 Å². The Morgan fingerprint density at radius 2 is 1.56 bits per heavy atom. The Bertz CT molecular complexity index is 1120. The minimum absolute atomic E-state index is 0.108. The van der Waals surface area contributed by atoms with Crippen molar-refractivity contribution in [2.45, 2.75) is 44.2 Å². The van der Waals surface area contributed by atoms with Gasteiger partial charge in [0.15, 0.2) is 0 Å². The monoisotopic (exact) mass is 434 g/mol. The highest BCUT2D eigenvalue weighted by molar-refractivity contribution is 6.01. The van der Waals surface area contributed by atoms with Crippen LogP contribution in [-0.4, -0.2) is 34.0 Å². The normalized spacial score (nSPS) is 15.2. The lowest BCUT2D eigenvalue weighted by molar-refractivity contribution is -0.124. The Morgan fingerprint density at radius 1 is 0.906 bits per heavy atom. The highest BCUT2D eigenvalue weighted by atomic mass is 16.5. The Balaban J connectivity index is 1.59. The van der Waals surface area contributed by atoms with Gasteiger partial charge in [0.25, 0.3) is 11.8 Å². The van der Waals surface area contributed by atoms with E-state index in [9.17, 15) is 14.4 Å². The maximum absolute atomic E-state index is 13.3. The maximum atomic E-state index is 13.3. The molecule has 0 unspecified atom stereocenters. The lowest BCUT2D eigenvalue weighted by Gasteiger charge is -2.26. The summed E-state index contributed by atoms with van der Waals surface area (Å²) < 4.78 is 0. The van der Waals surface area contributed by atoms with E-state index in [1.54, 1.807) is 11.7 Å². The summed E-state index contributed by atoms with van der Waals surface area (Å²) >= 11 is 0. The van der Waals surface area contributed by atoms with Crippen molar-refractivity contribution in [2.75, 3.05) is 0 Å². The zero-order valence-electron chi connectivity index (χ0n) is 17.6. The number of nitrogens with one attached hydrogen (secondary N) is 4. The number of fused-ring (bicyclic) bond motifs is 1. The molecule has 8 heteroatoms. The lowest BCUT2D eigenvalue weighted by Crippen LogP contribution is -2.45. The molecule has 0 aliphatic heterocycles. The van der Waals surface area contributed by atoms with Crippen molar-refractivity contribution in [1.29, 1.82) is 0 Å². The van der Waals surface area contributed by atoms with Crippen LogP contribution in [0.3, 0.4) is 0 Å². The number of carbonyl (C=O) groups is 3. The molecule has 0 bridgehead atoms. The Hall–Kier alpha value is -3.65. The summed E-state index contributed by atoms with van der Waals surface area (Å²) in [5, 5.41) is 15.6. The SMILES string of the molecule is O=C(NO)c1ccc(C(=O)N[C@H](C(=O)NC2CCCCC2)c2c[nH]c3ccccc23)cc1. The van der Waals surface area contributed by atoms with Crippen LogP contribution in [0, 0.1) is 0 Å². The van der Waals surface area contributed by atoms with Gasteiger partial charge in [-0.1, -0.05) is 37.5 Å². The molecule has 32 heavy (non-hydrogen) atoms. The van der Waals surface area contributed by atoms with Gasteiger partial charge in [-0.3, -0.25) is 19.6 Å². The molecule has 1 aliphatic rings. The van der Waals surface area contributed by atoms with Crippen LogP contribution >= 0.6 is 0 Å². The minimum atomic E-state index is -0.874. The zero-order chi connectivity index (χ0) is 22.5. The van der Waals surface area contributed by atoms with E-state index in [-0.39, 0.29) is 17.5 Å². The first kappa shape index (κ1) is 21.6. The maximum Gasteiger partial charge on any atom is 0.274 e. The van der Waals surface area contributed by atoms with Gasteiger partial charge in [-0.2, -0.15) is 0 Å². The average molecular weight is 434 g/mol. The first-order valence-corrected chi connectivity index (χ1v) is 10.8. The molecule has 5 N–H and O–H groups in total. The van der Waals surface area contributed by atoms with Crippen LogP contribution in [0.15, 0.2) is 54.7 Å². The summed E-state index contributed by atoms with van der Waals surface area (Å²) in [7, 11) is 0. The second-order valence-corrected chi connectivity index (χ2v) is 8.06. The largest absolute Gasteiger partial charge is 0.361 e. The Labute approximate surface area is 185 Å². The first-order valence-electron chi connectivity index (χ1n) is 10.8. The number of hydroxylamine groups is 1. The Kier molecular flexibility index (Phi) is 6.51. The third-order valence-corrected chi connectivity index (χ3v) is 5.93. The fraction of sp³-hybridized carbons (Fsp3) is 0.292. The predicted octanol–water partition coefficient (Wildman–Crippen LogP) is 3.21. The standard InChI is InChI=1S/C24H26N4O4/c29-22(15-10-12-16(13-11-15)23(30)28-32)27-21(24(31)26-17-6-2-1-3-7-17)19-14-25-20-9-5-4-8-18(19)20/h4-5,8-14,17,21,25,32H,1-3,6-7H2,(H,26,31)(H,27,29)(H,28,30)/t21-/m0/s1. The lowest BCUT2D eigenvalue weighted by atomic mass is 9.95. The molecule has 3 amide bonds. The molecule has 0 saturated heterocycles. The van der Waals surface area contributed by atoms with Crippen molar-refractivity contribution >= 4 is 28.6 Å². The molecule has 1 aromatic heterocycles. The quantitative estimate of drug-likeness (QED) is 0.302. The van der Waals surface area contributed by atoms with E-state index in [0.717, 1.165) is 36.6 Å². The third kappa shape index (κ3) is 4.65. The van der Waals surface area contributed by atoms with E-state index in [0.29, 0.717) is 11.1 Å². The number of rotatable bonds is 6. The van der Waals surface area contributed by atoms with Crippen molar-refractivity contribution in [3.63, 3.8) is 0 Å². The number of carbonyl (C=O) groups excluding carboxylic acids is 3. The average Bonchev–Trinajstić information content (AvgIpc) is 3.26. The van der Waals surface area contributed by atoms with E-state index in [2.05, 4.69) is 15.6 Å². The number of amides is 3. The van der Waals surface area contributed by atoms with Gasteiger partial charge in [0.2, 0.25) is 5.91 Å². The molecule has 1 saturated carbocycles. The molecule has 1 aliphatic carbocycles. The van der Waals surface area contributed by atoms with Crippen LogP contribution in [0.4, 0.5) is 0 Å². The van der Waals surface area contributed by atoms with Crippen molar-refractivity contribution < 1.29 is 19.6 Å². The van der Waals surface area contributed by atoms with E-state index in [4.69, 9.17) is 5.21 Å². The van der Waals surface area contributed by atoms with Crippen LogP contribution in [0.25, 0.3) is 10.9 Å². The minimum Gasteiger partial charge on any atom is -0.361 e. The van der Waals surface area contributed by atoms with Gasteiger partial charge in [-0.25, -0.2) is 5.48 Å². The fourth-order valence-electron chi connectivity index (χ4n) is 4.20. The summed E-state index contributed by atoms with van der Waals surface area (Å²) in [6.45, 7) is 0. The van der Waals surface area contributed by atoms with Crippen LogP contribution in [-0.2, 0) is 4.79 Å². The second-order valence-electron chi connectivity index (χ2n) is 8.06. The van der Waals surface area contributed by atoms with Gasteiger partial charge < -0.3 is 15.6 Å². The number of hydrogen-bond acceptors (Lipinski definition) is 4. The molecule has 1 heterocycles. The van der Waals surface area contributed by atoms with E-state index in [1.807, 2.05) is 24.3 Å². The van der Waals surface area contributed by atoms with Crippen molar-refractivity contribution in [3.05, 3.63) is 71.4 Å². The van der Waals surface area contributed by atoms with Gasteiger partial charge >= 0.3 is 0 Å². The van der Waals surface area contributed by atoms with Gasteiger partial charge in [0.1, 0.15) is 6.04 Å². The van der Waals surface area contributed by atoms with Gasteiger partial charge in [0, 0.05) is 39.8 Å². The fourth-order valence-corrected chi connectivity index (χ4v) is 4.20. The molecule has 1 fully saturated rings. The van der Waals surface area contributed by atoms with Crippen molar-refractivity contribution in [2.24, 2.45) is 0 Å². The molecule has 0 spiro atoms. The number of H-pyrrole nitrogens is 1. The highest BCUT2D eigenvalue weighted by Gasteiger charge is 2.28. The van der Waals surface area contributed by atoms with Crippen LogP contribution in [0.2, 0.25) is 0 Å². The van der Waals surface area contributed by atoms with E-state index >= 15 is 0 Å². The van der Waals surface area contributed by atoms with E-state index in [1.165, 1.54) is 30.7 Å². The Morgan fingerprint density at radius 3 is 2.25 bits per heavy atom. The summed E-state index contributed by atoms with van der Waals surface area (Å²) in [4.78, 5) is 40.9. The summed E-state index contributed by atoms with van der Waals surface area (Å²) in [5.74, 6) is -1.35. The first-order chi connectivity index (χ1) is 15.6. The molecule has 8 nitrogen and oxygen atoms in total. The highest BCUT2D eigenvalue weighted by Crippen LogP contribution is 2.26. The van der Waals surface area contributed by atoms with Gasteiger partial charge in [-0.05, 0) is 43.2 Å². The molecule has 2 aromatic carbocycles. The number of para-hydroxylation sites is 1. The van der Waals surface area contributed by atoms with E-state index < -0.39 is 17.9 Å². The van der Waals surface area contributed by atoms with Crippen LogP contribution in [0.1, 0.15) is 64.4 Å².